The van der Waals surface area contributed by atoms with Crippen molar-refractivity contribution in [1.82, 2.24) is 4.90 Å². The van der Waals surface area contributed by atoms with Crippen LogP contribution in [0.1, 0.15) is 0 Å². The molecule has 0 spiro atoms. The molecular formula is C8H19NO7. The van der Waals surface area contributed by atoms with Crippen molar-refractivity contribution in [3.63, 3.8) is 0 Å². The fraction of sp³-hybridized carbons (Fsp3) is 1.00. The molecule has 0 aliphatic carbocycles. The Bertz CT molecular complexity index is 169. The molecule has 0 radical (unpaired) electrons. The molecule has 0 aliphatic rings. The zero-order chi connectivity index (χ0) is 12.8. The van der Waals surface area contributed by atoms with Crippen molar-refractivity contribution in [3.05, 3.63) is 0 Å². The molecule has 2 unspecified atom stereocenters. The molecule has 0 aromatic rings. The van der Waals surface area contributed by atoms with Crippen molar-refractivity contribution in [3.8, 4) is 0 Å². The zero-order valence-electron chi connectivity index (χ0n) is 8.77. The third-order valence-electron chi connectivity index (χ3n) is 2.40. The quantitative estimate of drug-likeness (QED) is 0.211. The maximum absolute atomic E-state index is 9.42. The minimum Gasteiger partial charge on any atom is -0.394 e. The van der Waals surface area contributed by atoms with Crippen molar-refractivity contribution >= 4 is 0 Å². The van der Waals surface area contributed by atoms with E-state index < -0.39 is 51.0 Å². The van der Waals surface area contributed by atoms with Gasteiger partial charge in [-0.2, -0.15) is 0 Å². The monoisotopic (exact) mass is 241 g/mol. The molecule has 0 saturated heterocycles. The Hall–Kier alpha value is -0.320. The Balaban J connectivity index is 5.10. The lowest BCUT2D eigenvalue weighted by Gasteiger charge is -2.44. The van der Waals surface area contributed by atoms with Crippen molar-refractivity contribution in [1.29, 1.82) is 0 Å². The van der Waals surface area contributed by atoms with Crippen LogP contribution in [0, 0.1) is 0 Å². The van der Waals surface area contributed by atoms with Gasteiger partial charge in [-0.3, -0.25) is 0 Å². The summed E-state index contributed by atoms with van der Waals surface area (Å²) in [5.74, 6) is 0. The lowest BCUT2D eigenvalue weighted by atomic mass is 9.99. The Morgan fingerprint density at radius 3 is 1.25 bits per heavy atom. The molecule has 7 N–H and O–H groups in total. The second-order valence-electron chi connectivity index (χ2n) is 3.43. The molecule has 0 rings (SSSR count). The van der Waals surface area contributed by atoms with E-state index in [-0.39, 0.29) is 0 Å². The Morgan fingerprint density at radius 1 is 0.750 bits per heavy atom. The summed E-state index contributed by atoms with van der Waals surface area (Å²) < 4.78 is 0. The minimum atomic E-state index is -1.73. The molecule has 0 saturated carbocycles. The van der Waals surface area contributed by atoms with Gasteiger partial charge >= 0.3 is 0 Å². The molecule has 0 amide bonds. The fourth-order valence-electron chi connectivity index (χ4n) is 1.40. The smallest absolute Gasteiger partial charge is 0.133 e. The average molecular weight is 241 g/mol. The van der Waals surface area contributed by atoms with Crippen LogP contribution in [0.25, 0.3) is 0 Å². The first-order valence-electron chi connectivity index (χ1n) is 4.71. The number of aliphatic hydroxyl groups excluding tert-OH is 7. The van der Waals surface area contributed by atoms with Gasteiger partial charge in [0.25, 0.3) is 0 Å². The van der Waals surface area contributed by atoms with Crippen LogP contribution >= 0.6 is 0 Å². The van der Waals surface area contributed by atoms with Crippen LogP contribution in [0.2, 0.25) is 0 Å². The molecule has 98 valence electrons. The molecule has 0 heterocycles. The van der Waals surface area contributed by atoms with E-state index in [0.29, 0.717) is 4.90 Å². The fourth-order valence-corrected chi connectivity index (χ4v) is 1.40. The first kappa shape index (κ1) is 15.7. The minimum absolute atomic E-state index is 0.660. The van der Waals surface area contributed by atoms with Crippen LogP contribution < -0.4 is 0 Å². The predicted molar refractivity (Wildman–Crippen MR) is 52.0 cm³/mol. The Labute approximate surface area is 92.6 Å². The number of aliphatic hydroxyl groups is 7. The van der Waals surface area contributed by atoms with Gasteiger partial charge < -0.3 is 35.7 Å². The third-order valence-corrected chi connectivity index (χ3v) is 2.40. The number of nitrogens with zero attached hydrogens (tertiary/aromatic N) is 1. The molecule has 0 fully saturated rings. The normalized spacial score (nSPS) is 16.5. The number of hydrogen-bond donors (Lipinski definition) is 7. The van der Waals surface area contributed by atoms with Gasteiger partial charge in [-0.15, -0.1) is 0 Å². The molecule has 0 aromatic heterocycles. The van der Waals surface area contributed by atoms with Crippen molar-refractivity contribution in [2.75, 3.05) is 33.0 Å². The highest BCUT2D eigenvalue weighted by Crippen LogP contribution is 2.19. The maximum atomic E-state index is 9.42. The first-order chi connectivity index (χ1) is 7.52. The van der Waals surface area contributed by atoms with E-state index >= 15 is 0 Å². The Kier molecular flexibility index (Phi) is 6.95. The van der Waals surface area contributed by atoms with E-state index in [4.69, 9.17) is 25.5 Å². The van der Waals surface area contributed by atoms with Crippen molar-refractivity contribution < 1.29 is 35.7 Å². The standard InChI is InChI=1S/C8H19NO7/c10-1-6(15)9(7(16)2-11)8(3-12,4-13)5-14/h6-7,10-16H,1-5H2. The molecule has 0 bridgehead atoms. The van der Waals surface area contributed by atoms with Gasteiger partial charge in [-0.1, -0.05) is 0 Å². The van der Waals surface area contributed by atoms with Gasteiger partial charge in [0.15, 0.2) is 0 Å². The largest absolute Gasteiger partial charge is 0.394 e. The van der Waals surface area contributed by atoms with Gasteiger partial charge in [0.05, 0.1) is 38.6 Å². The lowest BCUT2D eigenvalue weighted by Crippen LogP contribution is -2.65. The lowest BCUT2D eigenvalue weighted by molar-refractivity contribution is -0.210. The van der Waals surface area contributed by atoms with Crippen LogP contribution in [-0.2, 0) is 0 Å². The van der Waals surface area contributed by atoms with E-state index in [2.05, 4.69) is 0 Å². The predicted octanol–water partition coefficient (Wildman–Crippen LogP) is -4.37. The van der Waals surface area contributed by atoms with Gasteiger partial charge in [0.2, 0.25) is 0 Å². The average Bonchev–Trinajstić information content (AvgIpc) is 2.34. The maximum Gasteiger partial charge on any atom is 0.133 e. The molecule has 2 atom stereocenters. The first-order valence-corrected chi connectivity index (χ1v) is 4.71. The van der Waals surface area contributed by atoms with E-state index in [1.54, 1.807) is 0 Å². The molecule has 0 aliphatic heterocycles. The summed E-state index contributed by atoms with van der Waals surface area (Å²) in [5, 5.41) is 63.6. The molecular weight excluding hydrogens is 222 g/mol. The summed E-state index contributed by atoms with van der Waals surface area (Å²) in [6.45, 7) is -3.89. The van der Waals surface area contributed by atoms with E-state index in [1.807, 2.05) is 0 Å². The molecule has 0 aromatic carbocycles. The zero-order valence-corrected chi connectivity index (χ0v) is 8.77. The van der Waals surface area contributed by atoms with Crippen LogP contribution in [0.4, 0.5) is 0 Å². The summed E-state index contributed by atoms with van der Waals surface area (Å²) in [6.07, 6.45) is -3.26. The van der Waals surface area contributed by atoms with Crippen LogP contribution in [0.5, 0.6) is 0 Å². The summed E-state index contributed by atoms with van der Waals surface area (Å²) in [6, 6.07) is 0. The molecule has 8 nitrogen and oxygen atoms in total. The van der Waals surface area contributed by atoms with Crippen LogP contribution in [0.3, 0.4) is 0 Å². The van der Waals surface area contributed by atoms with Gasteiger partial charge in [-0.25, -0.2) is 4.90 Å². The van der Waals surface area contributed by atoms with Gasteiger partial charge in [-0.05, 0) is 0 Å². The van der Waals surface area contributed by atoms with Gasteiger partial charge in [0.1, 0.15) is 12.5 Å². The molecule has 8 heteroatoms. The van der Waals surface area contributed by atoms with E-state index in [0.717, 1.165) is 0 Å². The highest BCUT2D eigenvalue weighted by molar-refractivity contribution is 4.91. The van der Waals surface area contributed by atoms with E-state index in [9.17, 15) is 10.2 Å². The Morgan fingerprint density at radius 2 is 1.06 bits per heavy atom. The van der Waals surface area contributed by atoms with Gasteiger partial charge in [0, 0.05) is 0 Å². The summed E-state index contributed by atoms with van der Waals surface area (Å²) in [7, 11) is 0. The SMILES string of the molecule is OCC(O)N(C(O)CO)C(CO)(CO)CO. The second kappa shape index (κ2) is 7.09. The number of hydrogen-bond acceptors (Lipinski definition) is 8. The van der Waals surface area contributed by atoms with E-state index in [1.165, 1.54) is 0 Å². The summed E-state index contributed by atoms with van der Waals surface area (Å²) in [5.41, 5.74) is -1.73. The van der Waals surface area contributed by atoms with Crippen molar-refractivity contribution in [2.45, 2.75) is 18.0 Å². The van der Waals surface area contributed by atoms with Crippen LogP contribution in [-0.4, -0.2) is 91.7 Å². The summed E-state index contributed by atoms with van der Waals surface area (Å²) in [4.78, 5) is 0.660. The highest BCUT2D eigenvalue weighted by Gasteiger charge is 2.42. The summed E-state index contributed by atoms with van der Waals surface area (Å²) >= 11 is 0. The second-order valence-corrected chi connectivity index (χ2v) is 3.43. The van der Waals surface area contributed by atoms with Crippen molar-refractivity contribution in [2.24, 2.45) is 0 Å². The highest BCUT2D eigenvalue weighted by atomic mass is 16.4. The number of rotatable bonds is 8. The third kappa shape index (κ3) is 3.09. The van der Waals surface area contributed by atoms with Crippen LogP contribution in [0.15, 0.2) is 0 Å². The topological polar surface area (TPSA) is 145 Å². The molecule has 16 heavy (non-hydrogen) atoms.